The third-order valence-electron chi connectivity index (χ3n) is 1.94. The van der Waals surface area contributed by atoms with Crippen molar-refractivity contribution in [2.45, 2.75) is 31.3 Å². The van der Waals surface area contributed by atoms with Crippen molar-refractivity contribution in [2.75, 3.05) is 18.6 Å². The average Bonchev–Trinajstić information content (AvgIpc) is 2.81. The fourth-order valence-corrected chi connectivity index (χ4v) is 1.59. The van der Waals surface area contributed by atoms with Crippen LogP contribution in [0.4, 0.5) is 0 Å². The van der Waals surface area contributed by atoms with E-state index in [0.717, 1.165) is 12.2 Å². The molecule has 0 aliphatic heterocycles. The Morgan fingerprint density at radius 3 is 2.82 bits per heavy atom. The molecule has 0 spiro atoms. The minimum absolute atomic E-state index is 0.289. The second kappa shape index (κ2) is 5.01. The first-order valence-electron chi connectivity index (χ1n) is 4.22. The lowest BCUT2D eigenvalue weighted by molar-refractivity contribution is 0.239. The molecule has 1 saturated carbocycles. The lowest BCUT2D eigenvalue weighted by atomic mass is 10.2. The maximum absolute atomic E-state index is 8.96. The number of nitrogens with one attached hydrogen (secondary N) is 1. The van der Waals surface area contributed by atoms with Gasteiger partial charge in [0.2, 0.25) is 0 Å². The highest BCUT2D eigenvalue weighted by Crippen LogP contribution is 2.20. The van der Waals surface area contributed by atoms with E-state index in [1.807, 2.05) is 11.8 Å². The van der Waals surface area contributed by atoms with Gasteiger partial charge in [0.05, 0.1) is 6.61 Å². The standard InChI is InChI=1S/C8H17NOS/c1-11-5-4-8(6-10)9-7-2-3-7/h7-10H,2-6H2,1H3. The van der Waals surface area contributed by atoms with Gasteiger partial charge in [-0.2, -0.15) is 11.8 Å². The van der Waals surface area contributed by atoms with Crippen LogP contribution in [0.5, 0.6) is 0 Å². The van der Waals surface area contributed by atoms with Gasteiger partial charge in [0.15, 0.2) is 0 Å². The predicted molar refractivity (Wildman–Crippen MR) is 50.0 cm³/mol. The van der Waals surface area contributed by atoms with Crippen molar-refractivity contribution < 1.29 is 5.11 Å². The smallest absolute Gasteiger partial charge is 0.0585 e. The number of hydrogen-bond donors (Lipinski definition) is 2. The Morgan fingerprint density at radius 1 is 1.64 bits per heavy atom. The van der Waals surface area contributed by atoms with Crippen LogP contribution in [0.25, 0.3) is 0 Å². The van der Waals surface area contributed by atoms with Gasteiger partial charge in [0, 0.05) is 12.1 Å². The van der Waals surface area contributed by atoms with Gasteiger partial charge in [-0.15, -0.1) is 0 Å². The third-order valence-corrected chi connectivity index (χ3v) is 2.58. The van der Waals surface area contributed by atoms with Gasteiger partial charge in [-0.05, 0) is 31.3 Å². The molecule has 0 amide bonds. The number of aliphatic hydroxyl groups excluding tert-OH is 1. The van der Waals surface area contributed by atoms with E-state index in [1.165, 1.54) is 12.8 Å². The highest BCUT2D eigenvalue weighted by atomic mass is 32.2. The molecule has 0 bridgehead atoms. The molecule has 0 aromatic carbocycles. The van der Waals surface area contributed by atoms with Gasteiger partial charge in [-0.3, -0.25) is 0 Å². The van der Waals surface area contributed by atoms with Crippen LogP contribution < -0.4 is 5.32 Å². The van der Waals surface area contributed by atoms with Crippen molar-refractivity contribution in [3.8, 4) is 0 Å². The Kier molecular flexibility index (Phi) is 4.26. The van der Waals surface area contributed by atoms with Crippen molar-refractivity contribution in [1.29, 1.82) is 0 Å². The molecule has 3 heteroatoms. The van der Waals surface area contributed by atoms with E-state index < -0.39 is 0 Å². The molecule has 2 nitrogen and oxygen atoms in total. The van der Waals surface area contributed by atoms with Gasteiger partial charge in [0.1, 0.15) is 0 Å². The van der Waals surface area contributed by atoms with E-state index in [-0.39, 0.29) is 6.61 Å². The fourth-order valence-electron chi connectivity index (χ4n) is 1.07. The molecule has 0 aromatic rings. The van der Waals surface area contributed by atoms with Crippen LogP contribution >= 0.6 is 11.8 Å². The van der Waals surface area contributed by atoms with E-state index in [9.17, 15) is 0 Å². The third kappa shape index (κ3) is 3.99. The minimum Gasteiger partial charge on any atom is -0.395 e. The summed E-state index contributed by atoms with van der Waals surface area (Å²) >= 11 is 1.84. The van der Waals surface area contributed by atoms with Crippen LogP contribution in [-0.2, 0) is 0 Å². The van der Waals surface area contributed by atoms with Gasteiger partial charge in [-0.1, -0.05) is 0 Å². The van der Waals surface area contributed by atoms with Crippen LogP contribution in [0.2, 0.25) is 0 Å². The van der Waals surface area contributed by atoms with Gasteiger partial charge < -0.3 is 10.4 Å². The molecule has 1 aliphatic carbocycles. The number of aliphatic hydroxyl groups is 1. The molecule has 1 unspecified atom stereocenters. The molecule has 66 valence electrons. The van der Waals surface area contributed by atoms with Crippen molar-refractivity contribution >= 4 is 11.8 Å². The zero-order valence-corrected chi connectivity index (χ0v) is 7.86. The summed E-state index contributed by atoms with van der Waals surface area (Å²) in [4.78, 5) is 0. The van der Waals surface area contributed by atoms with Crippen molar-refractivity contribution in [3.63, 3.8) is 0 Å². The summed E-state index contributed by atoms with van der Waals surface area (Å²) in [7, 11) is 0. The molecule has 0 aromatic heterocycles. The van der Waals surface area contributed by atoms with E-state index >= 15 is 0 Å². The minimum atomic E-state index is 0.289. The Labute approximate surface area is 72.8 Å². The Morgan fingerprint density at radius 2 is 2.36 bits per heavy atom. The number of thioether (sulfide) groups is 1. The molecule has 1 atom stereocenters. The van der Waals surface area contributed by atoms with Crippen LogP contribution in [0.15, 0.2) is 0 Å². The van der Waals surface area contributed by atoms with E-state index in [1.54, 1.807) is 0 Å². The number of rotatable bonds is 6. The normalized spacial score (nSPS) is 20.2. The summed E-state index contributed by atoms with van der Waals surface area (Å²) in [5, 5.41) is 12.4. The topological polar surface area (TPSA) is 32.3 Å². The summed E-state index contributed by atoms with van der Waals surface area (Å²) in [5.74, 6) is 1.14. The largest absolute Gasteiger partial charge is 0.395 e. The van der Waals surface area contributed by atoms with Gasteiger partial charge in [-0.25, -0.2) is 0 Å². The molecule has 0 saturated heterocycles. The second-order valence-corrected chi connectivity index (χ2v) is 4.09. The molecule has 1 fully saturated rings. The van der Waals surface area contributed by atoms with E-state index in [4.69, 9.17) is 5.11 Å². The lowest BCUT2D eigenvalue weighted by Crippen LogP contribution is -2.34. The average molecular weight is 175 g/mol. The second-order valence-electron chi connectivity index (χ2n) is 3.10. The lowest BCUT2D eigenvalue weighted by Gasteiger charge is -2.14. The highest BCUT2D eigenvalue weighted by Gasteiger charge is 2.23. The molecule has 2 N–H and O–H groups in total. The monoisotopic (exact) mass is 175 g/mol. The Balaban J connectivity index is 2.02. The maximum atomic E-state index is 8.96. The Hall–Kier alpha value is 0.270. The first-order valence-corrected chi connectivity index (χ1v) is 5.62. The SMILES string of the molecule is CSCCC(CO)NC1CC1. The van der Waals surface area contributed by atoms with Crippen molar-refractivity contribution in [2.24, 2.45) is 0 Å². The van der Waals surface area contributed by atoms with E-state index in [2.05, 4.69) is 11.6 Å². The zero-order valence-electron chi connectivity index (χ0n) is 7.05. The van der Waals surface area contributed by atoms with Crippen LogP contribution in [0, 0.1) is 0 Å². The summed E-state index contributed by atoms with van der Waals surface area (Å²) in [6.07, 6.45) is 5.80. The molecule has 1 rings (SSSR count). The fraction of sp³-hybridized carbons (Fsp3) is 1.00. The zero-order chi connectivity index (χ0) is 8.10. The molecule has 11 heavy (non-hydrogen) atoms. The Bertz CT molecular complexity index is 106. The van der Waals surface area contributed by atoms with Crippen molar-refractivity contribution in [3.05, 3.63) is 0 Å². The molecule has 1 aliphatic rings. The van der Waals surface area contributed by atoms with Gasteiger partial charge in [0.25, 0.3) is 0 Å². The number of hydrogen-bond acceptors (Lipinski definition) is 3. The van der Waals surface area contributed by atoms with Crippen LogP contribution in [0.1, 0.15) is 19.3 Å². The first kappa shape index (κ1) is 9.36. The maximum Gasteiger partial charge on any atom is 0.0585 e. The predicted octanol–water partition coefficient (Wildman–Crippen LogP) is 0.852. The summed E-state index contributed by atoms with van der Waals surface area (Å²) in [5.41, 5.74) is 0. The van der Waals surface area contributed by atoms with Crippen molar-refractivity contribution in [1.82, 2.24) is 5.32 Å². The van der Waals surface area contributed by atoms with E-state index in [0.29, 0.717) is 12.1 Å². The van der Waals surface area contributed by atoms with Crippen LogP contribution in [0.3, 0.4) is 0 Å². The quantitative estimate of drug-likeness (QED) is 0.628. The van der Waals surface area contributed by atoms with Crippen LogP contribution in [-0.4, -0.2) is 35.8 Å². The molecule has 0 heterocycles. The summed E-state index contributed by atoms with van der Waals surface area (Å²) in [6.45, 7) is 0.289. The first-order chi connectivity index (χ1) is 5.36. The summed E-state index contributed by atoms with van der Waals surface area (Å²) < 4.78 is 0. The highest BCUT2D eigenvalue weighted by molar-refractivity contribution is 7.98. The molecular weight excluding hydrogens is 158 g/mol. The summed E-state index contributed by atoms with van der Waals surface area (Å²) in [6, 6.07) is 1.06. The molecular formula is C8H17NOS. The van der Waals surface area contributed by atoms with Gasteiger partial charge >= 0.3 is 0 Å². The molecule has 0 radical (unpaired) electrons.